The number of rotatable bonds is 3. The van der Waals surface area contributed by atoms with Crippen LogP contribution in [0.4, 0.5) is 0 Å². The quantitative estimate of drug-likeness (QED) is 0.706. The van der Waals surface area contributed by atoms with Crippen molar-refractivity contribution in [1.29, 1.82) is 0 Å². The van der Waals surface area contributed by atoms with Gasteiger partial charge in [-0.1, -0.05) is 0 Å². The lowest BCUT2D eigenvalue weighted by molar-refractivity contribution is 0.0524. The van der Waals surface area contributed by atoms with E-state index in [-0.39, 0.29) is 17.6 Å². The van der Waals surface area contributed by atoms with Crippen LogP contribution in [0.1, 0.15) is 29.9 Å². The number of aryl methyl sites for hydroxylation is 2. The third-order valence-electron chi connectivity index (χ3n) is 2.18. The molecule has 0 aliphatic rings. The molecule has 1 rings (SSSR count). The third-order valence-corrected chi connectivity index (χ3v) is 2.18. The van der Waals surface area contributed by atoms with Crippen LogP contribution in [0.3, 0.4) is 0 Å². The van der Waals surface area contributed by atoms with E-state index >= 15 is 0 Å². The number of hydrogen-bond acceptors (Lipinski definition) is 3. The standard InChI is InChI=1S/C11H15NO3/c1-4-12-7-9(11(14)15-5-2)10(13)6-8(12)3/h6-7H,4-5H2,1-3H3. The molecular weight excluding hydrogens is 194 g/mol. The number of carbonyl (C=O) groups excluding carboxylic acids is 1. The number of carbonyl (C=O) groups is 1. The van der Waals surface area contributed by atoms with Gasteiger partial charge in [-0.3, -0.25) is 4.79 Å². The van der Waals surface area contributed by atoms with Gasteiger partial charge in [-0.05, 0) is 20.8 Å². The molecule has 0 aromatic carbocycles. The molecule has 0 radical (unpaired) electrons. The largest absolute Gasteiger partial charge is 0.462 e. The van der Waals surface area contributed by atoms with E-state index in [1.807, 2.05) is 18.4 Å². The van der Waals surface area contributed by atoms with E-state index in [1.54, 1.807) is 13.1 Å². The fraction of sp³-hybridized carbons (Fsp3) is 0.455. The van der Waals surface area contributed by atoms with Crippen molar-refractivity contribution in [2.45, 2.75) is 27.3 Å². The van der Waals surface area contributed by atoms with Crippen molar-refractivity contribution in [3.8, 4) is 0 Å². The minimum absolute atomic E-state index is 0.101. The summed E-state index contributed by atoms with van der Waals surface area (Å²) in [4.78, 5) is 22.9. The van der Waals surface area contributed by atoms with Crippen LogP contribution in [0.15, 0.2) is 17.1 Å². The molecule has 0 saturated carbocycles. The van der Waals surface area contributed by atoms with Crippen LogP contribution < -0.4 is 5.43 Å². The minimum atomic E-state index is -0.551. The lowest BCUT2D eigenvalue weighted by Gasteiger charge is -2.09. The number of ether oxygens (including phenoxy) is 1. The molecule has 0 spiro atoms. The molecule has 4 nitrogen and oxygen atoms in total. The number of hydrogen-bond donors (Lipinski definition) is 0. The molecule has 0 saturated heterocycles. The fourth-order valence-electron chi connectivity index (χ4n) is 1.37. The van der Waals surface area contributed by atoms with Gasteiger partial charge in [-0.15, -0.1) is 0 Å². The van der Waals surface area contributed by atoms with Gasteiger partial charge in [0.15, 0.2) is 5.43 Å². The molecule has 1 heterocycles. The van der Waals surface area contributed by atoms with E-state index in [1.165, 1.54) is 6.07 Å². The first-order valence-electron chi connectivity index (χ1n) is 4.98. The SMILES string of the molecule is CCOC(=O)c1cn(CC)c(C)cc1=O. The van der Waals surface area contributed by atoms with Gasteiger partial charge in [0.05, 0.1) is 6.61 Å². The summed E-state index contributed by atoms with van der Waals surface area (Å²) in [5.41, 5.74) is 0.662. The maximum atomic E-state index is 11.5. The molecule has 0 atom stereocenters. The minimum Gasteiger partial charge on any atom is -0.462 e. The average molecular weight is 209 g/mol. The second kappa shape index (κ2) is 4.77. The van der Waals surface area contributed by atoms with Gasteiger partial charge in [0.2, 0.25) is 0 Å². The highest BCUT2D eigenvalue weighted by atomic mass is 16.5. The zero-order valence-corrected chi connectivity index (χ0v) is 9.24. The Morgan fingerprint density at radius 3 is 2.67 bits per heavy atom. The molecule has 0 aliphatic carbocycles. The predicted octanol–water partition coefficient (Wildman–Crippen LogP) is 1.35. The van der Waals surface area contributed by atoms with E-state index in [4.69, 9.17) is 4.74 Å². The van der Waals surface area contributed by atoms with Crippen LogP contribution in [0, 0.1) is 6.92 Å². The first-order valence-corrected chi connectivity index (χ1v) is 4.98. The van der Waals surface area contributed by atoms with E-state index in [9.17, 15) is 9.59 Å². The van der Waals surface area contributed by atoms with E-state index in [0.717, 1.165) is 12.2 Å². The highest BCUT2D eigenvalue weighted by Crippen LogP contribution is 2.01. The van der Waals surface area contributed by atoms with Crippen LogP contribution in [0.25, 0.3) is 0 Å². The van der Waals surface area contributed by atoms with Gasteiger partial charge in [0, 0.05) is 24.5 Å². The summed E-state index contributed by atoms with van der Waals surface area (Å²) in [5.74, 6) is -0.551. The number of aromatic nitrogens is 1. The Kier molecular flexibility index (Phi) is 3.66. The Hall–Kier alpha value is -1.58. The van der Waals surface area contributed by atoms with Gasteiger partial charge in [-0.2, -0.15) is 0 Å². The van der Waals surface area contributed by atoms with Crippen molar-refractivity contribution >= 4 is 5.97 Å². The Morgan fingerprint density at radius 1 is 1.47 bits per heavy atom. The molecule has 15 heavy (non-hydrogen) atoms. The molecule has 1 aromatic heterocycles. The van der Waals surface area contributed by atoms with Crippen molar-refractivity contribution in [1.82, 2.24) is 4.57 Å². The van der Waals surface area contributed by atoms with Gasteiger partial charge < -0.3 is 9.30 Å². The molecule has 0 aliphatic heterocycles. The smallest absolute Gasteiger partial charge is 0.343 e. The molecule has 0 N–H and O–H groups in total. The summed E-state index contributed by atoms with van der Waals surface area (Å²) >= 11 is 0. The first-order chi connectivity index (χ1) is 7.10. The van der Waals surface area contributed by atoms with E-state index < -0.39 is 5.97 Å². The van der Waals surface area contributed by atoms with Gasteiger partial charge in [-0.25, -0.2) is 4.79 Å². The average Bonchev–Trinajstić information content (AvgIpc) is 2.18. The topological polar surface area (TPSA) is 48.3 Å². The van der Waals surface area contributed by atoms with Gasteiger partial charge in [0.25, 0.3) is 0 Å². The second-order valence-electron chi connectivity index (χ2n) is 3.20. The zero-order valence-electron chi connectivity index (χ0n) is 9.24. The van der Waals surface area contributed by atoms with Gasteiger partial charge in [0.1, 0.15) is 5.56 Å². The van der Waals surface area contributed by atoms with Crippen LogP contribution >= 0.6 is 0 Å². The molecule has 0 unspecified atom stereocenters. The van der Waals surface area contributed by atoms with Crippen molar-refractivity contribution < 1.29 is 9.53 Å². The molecule has 1 aromatic rings. The Morgan fingerprint density at radius 2 is 2.13 bits per heavy atom. The number of pyridine rings is 1. The van der Waals surface area contributed by atoms with Crippen LogP contribution in [0.5, 0.6) is 0 Å². The third kappa shape index (κ3) is 2.46. The summed E-state index contributed by atoms with van der Waals surface area (Å²) in [6.07, 6.45) is 1.55. The first kappa shape index (κ1) is 11.5. The summed E-state index contributed by atoms with van der Waals surface area (Å²) < 4.78 is 6.64. The summed E-state index contributed by atoms with van der Waals surface area (Å²) in [7, 11) is 0. The Bertz CT molecular complexity index is 420. The number of nitrogens with zero attached hydrogens (tertiary/aromatic N) is 1. The Labute approximate surface area is 88.5 Å². The lowest BCUT2D eigenvalue weighted by atomic mass is 10.2. The molecule has 0 fully saturated rings. The molecule has 82 valence electrons. The predicted molar refractivity (Wildman–Crippen MR) is 57.1 cm³/mol. The van der Waals surface area contributed by atoms with E-state index in [0.29, 0.717) is 0 Å². The number of esters is 1. The van der Waals surface area contributed by atoms with Crippen LogP contribution in [-0.2, 0) is 11.3 Å². The van der Waals surface area contributed by atoms with Crippen molar-refractivity contribution in [2.75, 3.05) is 6.61 Å². The summed E-state index contributed by atoms with van der Waals surface area (Å²) in [6.45, 7) is 6.49. The fourth-order valence-corrected chi connectivity index (χ4v) is 1.37. The van der Waals surface area contributed by atoms with E-state index in [2.05, 4.69) is 0 Å². The lowest BCUT2D eigenvalue weighted by Crippen LogP contribution is -2.20. The molecule has 0 bridgehead atoms. The zero-order chi connectivity index (χ0) is 11.4. The molecule has 4 heteroatoms. The monoisotopic (exact) mass is 209 g/mol. The van der Waals surface area contributed by atoms with Crippen molar-refractivity contribution in [3.63, 3.8) is 0 Å². The molecular formula is C11H15NO3. The maximum absolute atomic E-state index is 11.5. The van der Waals surface area contributed by atoms with Crippen LogP contribution in [0.2, 0.25) is 0 Å². The van der Waals surface area contributed by atoms with Gasteiger partial charge >= 0.3 is 5.97 Å². The second-order valence-corrected chi connectivity index (χ2v) is 3.20. The van der Waals surface area contributed by atoms with Crippen molar-refractivity contribution in [2.24, 2.45) is 0 Å². The Balaban J connectivity index is 3.18. The highest BCUT2D eigenvalue weighted by molar-refractivity contribution is 5.88. The van der Waals surface area contributed by atoms with Crippen LogP contribution in [-0.4, -0.2) is 17.1 Å². The summed E-state index contributed by atoms with van der Waals surface area (Å²) in [6, 6.07) is 1.45. The molecule has 0 amide bonds. The normalized spacial score (nSPS) is 10.1. The maximum Gasteiger partial charge on any atom is 0.343 e. The van der Waals surface area contributed by atoms with Crippen molar-refractivity contribution in [3.05, 3.63) is 33.7 Å². The highest BCUT2D eigenvalue weighted by Gasteiger charge is 2.12. The summed E-state index contributed by atoms with van der Waals surface area (Å²) in [5, 5.41) is 0.